The number of unbranched alkanes of at least 4 members (excludes halogenated alkanes) is 11. The summed E-state index contributed by atoms with van der Waals surface area (Å²) in [6.07, 6.45) is 57.9. The lowest BCUT2D eigenvalue weighted by Crippen LogP contribution is -2.30. The number of esters is 3. The molecule has 0 rings (SSSR count). The summed E-state index contributed by atoms with van der Waals surface area (Å²) < 4.78 is 39.2. The van der Waals surface area contributed by atoms with Crippen LogP contribution in [-0.2, 0) is 42.2 Å². The van der Waals surface area contributed by atoms with Gasteiger partial charge in [-0.1, -0.05) is 175 Å². The van der Waals surface area contributed by atoms with Crippen molar-refractivity contribution in [1.29, 1.82) is 0 Å². The molecule has 386 valence electrons. The molecule has 0 aromatic carbocycles. The van der Waals surface area contributed by atoms with Crippen LogP contribution in [0.1, 0.15) is 188 Å². The van der Waals surface area contributed by atoms with Crippen molar-refractivity contribution >= 4 is 25.7 Å². The van der Waals surface area contributed by atoms with Crippen LogP contribution in [0.3, 0.4) is 0 Å². The summed E-state index contributed by atoms with van der Waals surface area (Å²) in [6.45, 7) is 4.21. The number of phosphoric ester groups is 1. The second-order valence-corrected chi connectivity index (χ2v) is 18.0. The Morgan fingerprint density at radius 3 is 1.25 bits per heavy atom. The maximum Gasteiger partial charge on any atom is 0.472 e. The van der Waals surface area contributed by atoms with Crippen LogP contribution in [0.15, 0.2) is 109 Å². The molecule has 0 amide bonds. The predicted molar refractivity (Wildman–Crippen MR) is 279 cm³/mol. The fourth-order valence-electron chi connectivity index (χ4n) is 6.28. The Kier molecular flexibility index (Phi) is 46.7. The van der Waals surface area contributed by atoms with Crippen LogP contribution in [0.2, 0.25) is 0 Å². The summed E-state index contributed by atoms with van der Waals surface area (Å²) in [5, 5.41) is 9.76. The van der Waals surface area contributed by atoms with Crippen molar-refractivity contribution in [3.63, 3.8) is 0 Å². The highest BCUT2D eigenvalue weighted by atomic mass is 31.2. The molecule has 0 radical (unpaired) electrons. The first-order chi connectivity index (χ1) is 33.2. The molecular formula is C56H91O11P. The SMILES string of the molecule is CC/C=C\C/C=C\C/C=C\C/C=C\CCCCCCC(=O)OC(COC(=O)CC/C=C\C/C=C\C/C=C\C/C=C\CC)COP(=O)(O)OCC(CO)OC(=O)CCCCCCC/C=C\CCCC. The van der Waals surface area contributed by atoms with Crippen LogP contribution in [0.4, 0.5) is 0 Å². The van der Waals surface area contributed by atoms with Crippen LogP contribution in [0.25, 0.3) is 0 Å². The zero-order valence-corrected chi connectivity index (χ0v) is 43.2. The molecule has 0 aliphatic rings. The average molecular weight is 971 g/mol. The Balaban J connectivity index is 4.90. The highest BCUT2D eigenvalue weighted by molar-refractivity contribution is 7.47. The number of hydrogen-bond donors (Lipinski definition) is 2. The van der Waals surface area contributed by atoms with E-state index >= 15 is 0 Å². The number of phosphoric acid groups is 1. The Morgan fingerprint density at radius 1 is 0.426 bits per heavy atom. The highest BCUT2D eigenvalue weighted by Crippen LogP contribution is 2.43. The van der Waals surface area contributed by atoms with Crippen LogP contribution < -0.4 is 0 Å². The van der Waals surface area contributed by atoms with Crippen molar-refractivity contribution in [3.05, 3.63) is 109 Å². The third-order valence-corrected chi connectivity index (χ3v) is 11.1. The number of allylic oxidation sites excluding steroid dienone is 18. The van der Waals surface area contributed by atoms with Crippen molar-refractivity contribution in [2.45, 2.75) is 200 Å². The number of carbonyl (C=O) groups excluding carboxylic acids is 3. The molecule has 0 bridgehead atoms. The van der Waals surface area contributed by atoms with Gasteiger partial charge < -0.3 is 24.2 Å². The molecule has 0 saturated heterocycles. The predicted octanol–water partition coefficient (Wildman–Crippen LogP) is 14.7. The Labute approximate surface area is 412 Å². The second-order valence-electron chi connectivity index (χ2n) is 16.6. The number of rotatable bonds is 46. The third kappa shape index (κ3) is 47.2. The van der Waals surface area contributed by atoms with E-state index < -0.39 is 57.8 Å². The third-order valence-electron chi connectivity index (χ3n) is 10.2. The average Bonchev–Trinajstić information content (AvgIpc) is 3.32. The van der Waals surface area contributed by atoms with Gasteiger partial charge in [-0.3, -0.25) is 23.4 Å². The number of aliphatic hydroxyl groups is 1. The summed E-state index contributed by atoms with van der Waals surface area (Å²) in [5.41, 5.74) is 0. The number of hydrogen-bond acceptors (Lipinski definition) is 10. The van der Waals surface area contributed by atoms with Crippen molar-refractivity contribution in [2.24, 2.45) is 0 Å². The van der Waals surface area contributed by atoms with Crippen LogP contribution in [0, 0.1) is 0 Å². The maximum atomic E-state index is 12.8. The van der Waals surface area contributed by atoms with E-state index in [1.165, 1.54) is 12.8 Å². The summed E-state index contributed by atoms with van der Waals surface area (Å²) >= 11 is 0. The first-order valence-corrected chi connectivity index (χ1v) is 27.3. The molecule has 0 aliphatic carbocycles. The smallest absolute Gasteiger partial charge is 0.462 e. The lowest BCUT2D eigenvalue weighted by atomic mass is 10.1. The zero-order valence-electron chi connectivity index (χ0n) is 42.3. The van der Waals surface area contributed by atoms with Gasteiger partial charge in [0.25, 0.3) is 0 Å². The van der Waals surface area contributed by atoms with Gasteiger partial charge in [0.2, 0.25) is 0 Å². The fraction of sp³-hybridized carbons (Fsp3) is 0.625. The molecule has 0 aromatic heterocycles. The molecule has 0 aliphatic heterocycles. The summed E-state index contributed by atoms with van der Waals surface area (Å²) in [7, 11) is -4.77. The Bertz CT molecular complexity index is 1550. The van der Waals surface area contributed by atoms with E-state index in [0.717, 1.165) is 116 Å². The Morgan fingerprint density at radius 2 is 0.794 bits per heavy atom. The molecule has 0 aromatic rings. The van der Waals surface area contributed by atoms with Crippen molar-refractivity contribution in [3.8, 4) is 0 Å². The number of aliphatic hydroxyl groups excluding tert-OH is 1. The van der Waals surface area contributed by atoms with Gasteiger partial charge in [-0.2, -0.15) is 0 Å². The quantitative estimate of drug-likeness (QED) is 0.0197. The topological polar surface area (TPSA) is 155 Å². The zero-order chi connectivity index (χ0) is 49.9. The minimum atomic E-state index is -4.77. The van der Waals surface area contributed by atoms with Crippen LogP contribution in [0.5, 0.6) is 0 Å². The molecule has 12 heteroatoms. The minimum absolute atomic E-state index is 0.0939. The van der Waals surface area contributed by atoms with Crippen molar-refractivity contribution in [1.82, 2.24) is 0 Å². The molecule has 3 atom stereocenters. The van der Waals surface area contributed by atoms with Gasteiger partial charge in [-0.25, -0.2) is 4.57 Å². The second kappa shape index (κ2) is 49.6. The van der Waals surface area contributed by atoms with Crippen LogP contribution in [-0.4, -0.2) is 66.5 Å². The molecule has 0 fully saturated rings. The van der Waals surface area contributed by atoms with Gasteiger partial charge in [-0.15, -0.1) is 0 Å². The standard InChI is InChI=1S/C56H91O11P/c1-4-7-10-13-16-19-22-24-25-26-27-29-32-35-38-41-44-47-56(60)67-53(49-63-54(58)45-42-39-36-33-31-28-23-20-17-14-11-8-5-2)51-65-68(61,62)64-50-52(48-57)66-55(59)46-43-40-37-34-30-21-18-15-12-9-6-3/h7-8,10-11,15-20,24-25,27-29,31,36,39,52-53,57H,4-6,9,12-14,21-23,26,30,32-35,37-38,40-51H2,1-3H3,(H,61,62)/b10-7-,11-8-,18-15-,19-16-,20-17-,25-24-,29-27-,31-28-,39-36-. The molecular weight excluding hydrogens is 880 g/mol. The van der Waals surface area contributed by atoms with E-state index in [1.807, 2.05) is 12.2 Å². The minimum Gasteiger partial charge on any atom is -0.462 e. The van der Waals surface area contributed by atoms with E-state index in [9.17, 15) is 28.9 Å². The summed E-state index contributed by atoms with van der Waals surface area (Å²) in [6, 6.07) is 0. The lowest BCUT2D eigenvalue weighted by Gasteiger charge is -2.21. The first kappa shape index (κ1) is 64.1. The van der Waals surface area contributed by atoms with E-state index in [-0.39, 0.29) is 25.9 Å². The van der Waals surface area contributed by atoms with Crippen molar-refractivity contribution in [2.75, 3.05) is 26.4 Å². The largest absolute Gasteiger partial charge is 0.472 e. The van der Waals surface area contributed by atoms with E-state index in [0.29, 0.717) is 19.3 Å². The van der Waals surface area contributed by atoms with Gasteiger partial charge in [0.05, 0.1) is 19.8 Å². The molecule has 0 heterocycles. The van der Waals surface area contributed by atoms with Crippen molar-refractivity contribution < 1.29 is 52.2 Å². The normalized spacial score (nSPS) is 14.4. The first-order valence-electron chi connectivity index (χ1n) is 25.8. The van der Waals surface area contributed by atoms with E-state index in [4.69, 9.17) is 23.3 Å². The monoisotopic (exact) mass is 971 g/mol. The lowest BCUT2D eigenvalue weighted by molar-refractivity contribution is -0.161. The Hall–Kier alpha value is -3.86. The molecule has 0 spiro atoms. The van der Waals surface area contributed by atoms with Gasteiger partial charge >= 0.3 is 25.7 Å². The van der Waals surface area contributed by atoms with E-state index in [2.05, 4.69) is 118 Å². The molecule has 0 saturated carbocycles. The summed E-state index contributed by atoms with van der Waals surface area (Å²) in [4.78, 5) is 48.2. The molecule has 68 heavy (non-hydrogen) atoms. The molecule has 11 nitrogen and oxygen atoms in total. The van der Waals surface area contributed by atoms with Gasteiger partial charge in [-0.05, 0) is 103 Å². The fourth-order valence-corrected chi connectivity index (χ4v) is 7.06. The number of ether oxygens (including phenoxy) is 3. The summed E-state index contributed by atoms with van der Waals surface area (Å²) in [5.74, 6) is -1.62. The molecule has 2 N–H and O–H groups in total. The number of carbonyl (C=O) groups is 3. The van der Waals surface area contributed by atoms with Gasteiger partial charge in [0.15, 0.2) is 6.10 Å². The van der Waals surface area contributed by atoms with Crippen LogP contribution >= 0.6 is 7.82 Å². The maximum absolute atomic E-state index is 12.8. The molecule has 3 unspecified atom stereocenters. The van der Waals surface area contributed by atoms with Gasteiger partial charge in [0.1, 0.15) is 12.7 Å². The van der Waals surface area contributed by atoms with E-state index in [1.54, 1.807) is 0 Å². The highest BCUT2D eigenvalue weighted by Gasteiger charge is 2.28. The van der Waals surface area contributed by atoms with Gasteiger partial charge in [0, 0.05) is 19.3 Å².